The first-order valence-electron chi connectivity index (χ1n) is 4.66. The summed E-state index contributed by atoms with van der Waals surface area (Å²) in [6, 6.07) is 7.83. The fourth-order valence-electron chi connectivity index (χ4n) is 1.25. The van der Waals surface area contributed by atoms with E-state index in [9.17, 15) is 4.79 Å². The molecule has 76 valence electrons. The quantitative estimate of drug-likeness (QED) is 0.585. The third-order valence-corrected chi connectivity index (χ3v) is 2.12. The van der Waals surface area contributed by atoms with Crippen molar-refractivity contribution >= 4 is 5.91 Å². The van der Waals surface area contributed by atoms with E-state index in [0.29, 0.717) is 5.06 Å². The number of aryl methyl sites for hydroxylation is 1. The Morgan fingerprint density at radius 3 is 2.64 bits per heavy atom. The number of carbonyl (C=O) groups excluding carboxylic acids is 1. The van der Waals surface area contributed by atoms with Crippen LogP contribution in [0.2, 0.25) is 0 Å². The molecule has 3 heteroatoms. The van der Waals surface area contributed by atoms with Crippen molar-refractivity contribution in [3.8, 4) is 0 Å². The Hall–Kier alpha value is -1.35. The van der Waals surface area contributed by atoms with Crippen LogP contribution in [-0.2, 0) is 17.6 Å². The second-order valence-electron chi connectivity index (χ2n) is 3.27. The van der Waals surface area contributed by atoms with Crippen LogP contribution >= 0.6 is 0 Å². The third kappa shape index (κ3) is 2.85. The van der Waals surface area contributed by atoms with Crippen LogP contribution in [0, 0.1) is 0 Å². The Morgan fingerprint density at radius 1 is 1.43 bits per heavy atom. The monoisotopic (exact) mass is 193 g/mol. The lowest BCUT2D eigenvalue weighted by Gasteiger charge is -2.08. The molecule has 1 rings (SSSR count). The van der Waals surface area contributed by atoms with Crippen LogP contribution < -0.4 is 0 Å². The maximum absolute atomic E-state index is 11.2. The molecular weight excluding hydrogens is 178 g/mol. The molecule has 0 saturated carbocycles. The van der Waals surface area contributed by atoms with Gasteiger partial charge < -0.3 is 0 Å². The molecule has 0 aromatic heterocycles. The molecule has 0 spiro atoms. The Kier molecular flexibility index (Phi) is 3.65. The summed E-state index contributed by atoms with van der Waals surface area (Å²) in [7, 11) is 1.34. The van der Waals surface area contributed by atoms with Gasteiger partial charge in [0, 0.05) is 7.05 Å². The SMILES string of the molecule is CCc1cccc(CC(=O)N(C)O)c1. The van der Waals surface area contributed by atoms with Gasteiger partial charge in [-0.3, -0.25) is 10.0 Å². The number of amides is 1. The van der Waals surface area contributed by atoms with Crippen LogP contribution in [0.1, 0.15) is 18.1 Å². The van der Waals surface area contributed by atoms with Gasteiger partial charge in [0.2, 0.25) is 5.91 Å². The molecule has 0 heterocycles. The van der Waals surface area contributed by atoms with Gasteiger partial charge >= 0.3 is 0 Å². The first kappa shape index (κ1) is 10.7. The maximum atomic E-state index is 11.2. The molecule has 1 N–H and O–H groups in total. The minimum atomic E-state index is -0.293. The summed E-state index contributed by atoms with van der Waals surface area (Å²) in [6.45, 7) is 2.07. The molecule has 0 radical (unpaired) electrons. The number of hydroxylamine groups is 2. The summed E-state index contributed by atoms with van der Waals surface area (Å²) < 4.78 is 0. The fraction of sp³-hybridized carbons (Fsp3) is 0.364. The standard InChI is InChI=1S/C11H15NO2/c1-3-9-5-4-6-10(7-9)8-11(13)12(2)14/h4-7,14H,3,8H2,1-2H3. The highest BCUT2D eigenvalue weighted by atomic mass is 16.5. The molecule has 0 bridgehead atoms. The van der Waals surface area contributed by atoms with Crippen molar-refractivity contribution in [2.75, 3.05) is 7.05 Å². The van der Waals surface area contributed by atoms with Gasteiger partial charge in [-0.25, -0.2) is 5.06 Å². The van der Waals surface area contributed by atoms with Crippen LogP contribution in [0.5, 0.6) is 0 Å². The average molecular weight is 193 g/mol. The number of nitrogens with zero attached hydrogens (tertiary/aromatic N) is 1. The van der Waals surface area contributed by atoms with E-state index < -0.39 is 0 Å². The number of hydrogen-bond acceptors (Lipinski definition) is 2. The fourth-order valence-corrected chi connectivity index (χ4v) is 1.25. The van der Waals surface area contributed by atoms with E-state index >= 15 is 0 Å². The van der Waals surface area contributed by atoms with Crippen molar-refractivity contribution in [2.24, 2.45) is 0 Å². The molecule has 0 aliphatic carbocycles. The van der Waals surface area contributed by atoms with Crippen LogP contribution in [-0.4, -0.2) is 23.2 Å². The molecule has 3 nitrogen and oxygen atoms in total. The molecule has 0 atom stereocenters. The molecule has 1 amide bonds. The Bertz CT molecular complexity index is 321. The van der Waals surface area contributed by atoms with E-state index in [1.54, 1.807) is 0 Å². The number of benzene rings is 1. The minimum Gasteiger partial charge on any atom is -0.286 e. The van der Waals surface area contributed by atoms with Crippen molar-refractivity contribution in [1.29, 1.82) is 0 Å². The Morgan fingerprint density at radius 2 is 2.07 bits per heavy atom. The summed E-state index contributed by atoms with van der Waals surface area (Å²) in [5.41, 5.74) is 2.14. The topological polar surface area (TPSA) is 40.5 Å². The van der Waals surface area contributed by atoms with E-state index in [-0.39, 0.29) is 12.3 Å². The first-order chi connectivity index (χ1) is 6.63. The highest BCUT2D eigenvalue weighted by Crippen LogP contribution is 2.07. The van der Waals surface area contributed by atoms with E-state index in [0.717, 1.165) is 12.0 Å². The zero-order valence-corrected chi connectivity index (χ0v) is 8.53. The van der Waals surface area contributed by atoms with Gasteiger partial charge in [0.1, 0.15) is 0 Å². The summed E-state index contributed by atoms with van der Waals surface area (Å²) >= 11 is 0. The molecule has 0 fully saturated rings. The molecule has 1 aromatic rings. The second kappa shape index (κ2) is 4.77. The maximum Gasteiger partial charge on any atom is 0.250 e. The highest BCUT2D eigenvalue weighted by Gasteiger charge is 2.06. The number of hydrogen-bond donors (Lipinski definition) is 1. The zero-order chi connectivity index (χ0) is 10.6. The smallest absolute Gasteiger partial charge is 0.250 e. The van der Waals surface area contributed by atoms with Crippen LogP contribution in [0.3, 0.4) is 0 Å². The normalized spacial score (nSPS) is 9.93. The lowest BCUT2D eigenvalue weighted by atomic mass is 10.1. The van der Waals surface area contributed by atoms with Gasteiger partial charge in [0.05, 0.1) is 6.42 Å². The van der Waals surface area contributed by atoms with Crippen molar-refractivity contribution in [1.82, 2.24) is 5.06 Å². The molecule has 0 aliphatic rings. The first-order valence-corrected chi connectivity index (χ1v) is 4.66. The predicted molar refractivity (Wildman–Crippen MR) is 54.1 cm³/mol. The molecular formula is C11H15NO2. The summed E-state index contributed by atoms with van der Waals surface area (Å²) in [6.07, 6.45) is 1.21. The lowest BCUT2D eigenvalue weighted by Crippen LogP contribution is -2.24. The van der Waals surface area contributed by atoms with Crippen molar-refractivity contribution < 1.29 is 10.0 Å². The Balaban J connectivity index is 2.72. The largest absolute Gasteiger partial charge is 0.286 e. The van der Waals surface area contributed by atoms with Gasteiger partial charge in [0.25, 0.3) is 0 Å². The summed E-state index contributed by atoms with van der Waals surface area (Å²) in [5, 5.41) is 9.52. The van der Waals surface area contributed by atoms with Crippen LogP contribution in [0.4, 0.5) is 0 Å². The summed E-state index contributed by atoms with van der Waals surface area (Å²) in [5.74, 6) is -0.293. The van der Waals surface area contributed by atoms with Crippen molar-refractivity contribution in [3.05, 3.63) is 35.4 Å². The third-order valence-electron chi connectivity index (χ3n) is 2.12. The lowest BCUT2D eigenvalue weighted by molar-refractivity contribution is -0.158. The van der Waals surface area contributed by atoms with Crippen LogP contribution in [0.25, 0.3) is 0 Å². The van der Waals surface area contributed by atoms with E-state index in [2.05, 4.69) is 6.92 Å². The predicted octanol–water partition coefficient (Wildman–Crippen LogP) is 1.64. The van der Waals surface area contributed by atoms with Crippen molar-refractivity contribution in [2.45, 2.75) is 19.8 Å². The van der Waals surface area contributed by atoms with Gasteiger partial charge in [0.15, 0.2) is 0 Å². The molecule has 0 saturated heterocycles. The number of carbonyl (C=O) groups is 1. The minimum absolute atomic E-state index is 0.251. The summed E-state index contributed by atoms with van der Waals surface area (Å²) in [4.78, 5) is 11.2. The molecule has 0 unspecified atom stereocenters. The van der Waals surface area contributed by atoms with Crippen molar-refractivity contribution in [3.63, 3.8) is 0 Å². The van der Waals surface area contributed by atoms with Crippen LogP contribution in [0.15, 0.2) is 24.3 Å². The van der Waals surface area contributed by atoms with E-state index in [1.165, 1.54) is 12.6 Å². The number of likely N-dealkylation sites (N-methyl/N-ethyl adjacent to an activating group) is 1. The Labute approximate surface area is 83.9 Å². The van der Waals surface area contributed by atoms with Gasteiger partial charge in [-0.2, -0.15) is 0 Å². The zero-order valence-electron chi connectivity index (χ0n) is 8.53. The van der Waals surface area contributed by atoms with Gasteiger partial charge in [-0.1, -0.05) is 31.2 Å². The highest BCUT2D eigenvalue weighted by molar-refractivity contribution is 5.77. The van der Waals surface area contributed by atoms with Gasteiger partial charge in [-0.15, -0.1) is 0 Å². The molecule has 14 heavy (non-hydrogen) atoms. The van der Waals surface area contributed by atoms with Gasteiger partial charge in [-0.05, 0) is 17.5 Å². The second-order valence-corrected chi connectivity index (χ2v) is 3.27. The molecule has 1 aromatic carbocycles. The number of rotatable bonds is 3. The van der Waals surface area contributed by atoms with E-state index in [1.807, 2.05) is 24.3 Å². The molecule has 0 aliphatic heterocycles. The average Bonchev–Trinajstić information content (AvgIpc) is 2.18. The van der Waals surface area contributed by atoms with E-state index in [4.69, 9.17) is 5.21 Å².